The van der Waals surface area contributed by atoms with Crippen LogP contribution in [0.3, 0.4) is 0 Å². The second kappa shape index (κ2) is 6.99. The number of H-pyrrole nitrogens is 1. The first-order valence-corrected chi connectivity index (χ1v) is 8.36. The number of imidazole rings is 1. The van der Waals surface area contributed by atoms with E-state index in [4.69, 9.17) is 0 Å². The lowest BCUT2D eigenvalue weighted by molar-refractivity contribution is 0.584. The number of pyridine rings is 1. The van der Waals surface area contributed by atoms with Gasteiger partial charge in [0.1, 0.15) is 5.82 Å². The maximum Gasteiger partial charge on any atom is 0.326 e. The van der Waals surface area contributed by atoms with E-state index >= 15 is 0 Å². The van der Waals surface area contributed by atoms with E-state index in [-0.39, 0.29) is 11.5 Å². The lowest BCUT2D eigenvalue weighted by Crippen LogP contribution is -2.18. The molecule has 4 nitrogen and oxygen atoms in total. The van der Waals surface area contributed by atoms with Gasteiger partial charge in [0.15, 0.2) is 0 Å². The van der Waals surface area contributed by atoms with Gasteiger partial charge in [-0.15, -0.1) is 0 Å². The summed E-state index contributed by atoms with van der Waals surface area (Å²) in [6.07, 6.45) is 1.34. The molecule has 2 aromatic heterocycles. The van der Waals surface area contributed by atoms with E-state index in [9.17, 15) is 13.6 Å². The SMILES string of the molecule is O=c1[nH]c(-c2ccnc(F)c2)c(-c2ccc(F)cc2)n1Cc1ccccc1. The van der Waals surface area contributed by atoms with Crippen LogP contribution in [0.5, 0.6) is 0 Å². The van der Waals surface area contributed by atoms with Crippen molar-refractivity contribution in [1.29, 1.82) is 0 Å². The molecule has 2 aromatic carbocycles. The van der Waals surface area contributed by atoms with Crippen LogP contribution in [-0.2, 0) is 6.54 Å². The standard InChI is InChI=1S/C21H15F2N3O/c22-17-8-6-15(7-9-17)20-19(16-10-11-24-18(23)12-16)25-21(27)26(20)13-14-4-2-1-3-5-14/h1-12H,13H2,(H,25,27). The van der Waals surface area contributed by atoms with E-state index in [2.05, 4.69) is 9.97 Å². The third-order valence-corrected chi connectivity index (χ3v) is 4.30. The zero-order valence-electron chi connectivity index (χ0n) is 14.2. The van der Waals surface area contributed by atoms with Crippen LogP contribution in [0.1, 0.15) is 5.56 Å². The van der Waals surface area contributed by atoms with Gasteiger partial charge in [-0.05, 0) is 35.9 Å². The van der Waals surface area contributed by atoms with E-state index in [1.54, 1.807) is 22.8 Å². The minimum absolute atomic E-state index is 0.328. The molecule has 0 saturated carbocycles. The summed E-state index contributed by atoms with van der Waals surface area (Å²) in [6, 6.07) is 18.2. The molecule has 0 unspecified atom stereocenters. The zero-order valence-corrected chi connectivity index (χ0v) is 14.2. The average Bonchev–Trinajstić information content (AvgIpc) is 3.00. The van der Waals surface area contributed by atoms with Crippen LogP contribution in [0, 0.1) is 11.8 Å². The summed E-state index contributed by atoms with van der Waals surface area (Å²) in [5, 5.41) is 0. The molecule has 0 aliphatic rings. The molecule has 27 heavy (non-hydrogen) atoms. The topological polar surface area (TPSA) is 50.7 Å². The Kier molecular flexibility index (Phi) is 4.38. The van der Waals surface area contributed by atoms with Crippen molar-refractivity contribution in [3.05, 3.63) is 101 Å². The molecule has 134 valence electrons. The Morgan fingerprint density at radius 2 is 1.67 bits per heavy atom. The molecule has 0 spiro atoms. The molecule has 4 aromatic rings. The number of aromatic nitrogens is 3. The van der Waals surface area contributed by atoms with Gasteiger partial charge in [-0.2, -0.15) is 4.39 Å². The van der Waals surface area contributed by atoms with Crippen molar-refractivity contribution in [2.24, 2.45) is 0 Å². The molecular formula is C21H15F2N3O. The van der Waals surface area contributed by atoms with Gasteiger partial charge in [0.05, 0.1) is 17.9 Å². The first kappa shape index (κ1) is 16.9. The molecule has 0 fully saturated rings. The Morgan fingerprint density at radius 3 is 2.37 bits per heavy atom. The Balaban J connectivity index is 1.93. The Hall–Kier alpha value is -3.54. The van der Waals surface area contributed by atoms with Gasteiger partial charge in [0.25, 0.3) is 0 Å². The third-order valence-electron chi connectivity index (χ3n) is 4.30. The van der Waals surface area contributed by atoms with Crippen LogP contribution in [0.4, 0.5) is 8.78 Å². The summed E-state index contributed by atoms with van der Waals surface area (Å²) in [4.78, 5) is 19.1. The van der Waals surface area contributed by atoms with Crippen molar-refractivity contribution in [2.45, 2.75) is 6.54 Å². The van der Waals surface area contributed by atoms with E-state index in [1.165, 1.54) is 24.4 Å². The molecule has 0 bridgehead atoms. The highest BCUT2D eigenvalue weighted by molar-refractivity contribution is 5.78. The van der Waals surface area contributed by atoms with Crippen LogP contribution in [0.25, 0.3) is 22.5 Å². The van der Waals surface area contributed by atoms with Crippen molar-refractivity contribution in [2.75, 3.05) is 0 Å². The first-order valence-electron chi connectivity index (χ1n) is 8.36. The second-order valence-corrected chi connectivity index (χ2v) is 6.10. The van der Waals surface area contributed by atoms with Crippen molar-refractivity contribution in [3.8, 4) is 22.5 Å². The quantitative estimate of drug-likeness (QED) is 0.552. The van der Waals surface area contributed by atoms with Crippen LogP contribution in [-0.4, -0.2) is 14.5 Å². The molecule has 0 amide bonds. The molecule has 1 N–H and O–H groups in total. The lowest BCUT2D eigenvalue weighted by Gasteiger charge is -2.10. The molecule has 6 heteroatoms. The van der Waals surface area contributed by atoms with Crippen molar-refractivity contribution in [1.82, 2.24) is 14.5 Å². The van der Waals surface area contributed by atoms with Crippen LogP contribution >= 0.6 is 0 Å². The van der Waals surface area contributed by atoms with Crippen molar-refractivity contribution < 1.29 is 8.78 Å². The van der Waals surface area contributed by atoms with Crippen LogP contribution in [0.2, 0.25) is 0 Å². The highest BCUT2D eigenvalue weighted by atomic mass is 19.1. The first-order chi connectivity index (χ1) is 13.1. The number of hydrogen-bond donors (Lipinski definition) is 1. The van der Waals surface area contributed by atoms with Crippen LogP contribution in [0.15, 0.2) is 77.7 Å². The summed E-state index contributed by atoms with van der Waals surface area (Å²) in [6.45, 7) is 0.330. The molecule has 0 aliphatic heterocycles. The lowest BCUT2D eigenvalue weighted by atomic mass is 10.1. The predicted molar refractivity (Wildman–Crippen MR) is 99.2 cm³/mol. The number of benzene rings is 2. The maximum atomic E-state index is 13.6. The van der Waals surface area contributed by atoms with Crippen LogP contribution < -0.4 is 5.69 Å². The number of hydrogen-bond acceptors (Lipinski definition) is 2. The van der Waals surface area contributed by atoms with E-state index < -0.39 is 5.95 Å². The van der Waals surface area contributed by atoms with E-state index in [0.29, 0.717) is 29.1 Å². The number of rotatable bonds is 4. The Labute approximate surface area is 153 Å². The number of aromatic amines is 1. The predicted octanol–water partition coefficient (Wildman–Crippen LogP) is 4.23. The van der Waals surface area contributed by atoms with Gasteiger partial charge in [-0.1, -0.05) is 30.3 Å². The van der Waals surface area contributed by atoms with E-state index in [0.717, 1.165) is 5.56 Å². The van der Waals surface area contributed by atoms with Gasteiger partial charge >= 0.3 is 5.69 Å². The summed E-state index contributed by atoms with van der Waals surface area (Å²) >= 11 is 0. The average molecular weight is 363 g/mol. The summed E-state index contributed by atoms with van der Waals surface area (Å²) in [7, 11) is 0. The fourth-order valence-corrected chi connectivity index (χ4v) is 3.06. The van der Waals surface area contributed by atoms with Gasteiger partial charge in [-0.3, -0.25) is 4.57 Å². The Morgan fingerprint density at radius 1 is 0.926 bits per heavy atom. The monoisotopic (exact) mass is 363 g/mol. The third kappa shape index (κ3) is 3.42. The van der Waals surface area contributed by atoms with E-state index in [1.807, 2.05) is 30.3 Å². The summed E-state index contributed by atoms with van der Waals surface area (Å²) in [5.74, 6) is -1.02. The largest absolute Gasteiger partial charge is 0.326 e. The van der Waals surface area contributed by atoms with Crippen molar-refractivity contribution >= 4 is 0 Å². The fraction of sp³-hybridized carbons (Fsp3) is 0.0476. The maximum absolute atomic E-state index is 13.6. The molecule has 2 heterocycles. The summed E-state index contributed by atoms with van der Waals surface area (Å²) < 4.78 is 28.6. The second-order valence-electron chi connectivity index (χ2n) is 6.10. The minimum atomic E-state index is -0.644. The smallest absolute Gasteiger partial charge is 0.305 e. The highest BCUT2D eigenvalue weighted by Crippen LogP contribution is 2.30. The Bertz CT molecular complexity index is 1130. The highest BCUT2D eigenvalue weighted by Gasteiger charge is 2.18. The number of nitrogens with zero attached hydrogens (tertiary/aromatic N) is 2. The van der Waals surface area contributed by atoms with Gasteiger partial charge in [0, 0.05) is 23.4 Å². The zero-order chi connectivity index (χ0) is 18.8. The van der Waals surface area contributed by atoms with Gasteiger partial charge < -0.3 is 4.98 Å². The molecule has 0 atom stereocenters. The number of nitrogens with one attached hydrogen (secondary N) is 1. The fourth-order valence-electron chi connectivity index (χ4n) is 3.06. The summed E-state index contributed by atoms with van der Waals surface area (Å²) in [5.41, 5.74) is 2.78. The molecule has 4 rings (SSSR count). The van der Waals surface area contributed by atoms with Gasteiger partial charge in [-0.25, -0.2) is 14.2 Å². The normalized spacial score (nSPS) is 10.9. The van der Waals surface area contributed by atoms with Gasteiger partial charge in [0.2, 0.25) is 5.95 Å². The number of halogens is 2. The molecular weight excluding hydrogens is 348 g/mol. The van der Waals surface area contributed by atoms with Crippen molar-refractivity contribution in [3.63, 3.8) is 0 Å². The minimum Gasteiger partial charge on any atom is -0.305 e. The molecule has 0 radical (unpaired) electrons. The molecule has 0 aliphatic carbocycles. The molecule has 0 saturated heterocycles.